The third-order valence-electron chi connectivity index (χ3n) is 13.0. The smallest absolute Gasteiger partial charge is 0.230 e. The van der Waals surface area contributed by atoms with E-state index in [1.807, 2.05) is 61.6 Å². The standard InChI is InChI=1S/C15H25NO6S.C14H22BrNO6.2C10H20.CH4S/c1-13(2)19-9-6-18-15(8-16-10(17)7-23-5)12(11(9)20-13)21-14(3,4)22-15;1-12(2)19-8-6-18-14(7-16-9(17)5-15)11(10(8)20-12)21-13(3,4)22-14;2*1-2-4-6-8-10-9-7-5-3-1;1-2/h9,11-12H,6-8H2,1-5H3,(H,16,17);8,10-11H,5-7H2,1-4H3,(H,16,17);2*1-10H2;2H,1H3/t9-,11-,12+,15+;8-,10-,11+,14+;;;/m11.../s1. The lowest BCUT2D eigenvalue weighted by Crippen LogP contribution is -2.62. The number of carbonyl (C=O) groups is 2. The van der Waals surface area contributed by atoms with Crippen molar-refractivity contribution in [2.24, 2.45) is 0 Å². The summed E-state index contributed by atoms with van der Waals surface area (Å²) >= 11 is 8.12. The molecule has 0 unspecified atom stereocenters. The molecule has 2 amide bonds. The Labute approximate surface area is 422 Å². The molecule has 0 aromatic heterocycles. The van der Waals surface area contributed by atoms with E-state index >= 15 is 0 Å². The van der Waals surface area contributed by atoms with Crippen LogP contribution in [0.3, 0.4) is 0 Å². The SMILES string of the molecule is C1CCCCCCCCC1.C1CCCCCCCCC1.CC1(C)O[C@@H]2[C@@H](CO[C@@]3(CNC(=O)CBr)OC(C)(C)O[C@@H]23)O1.CS.CSCC(=O)NC[C@@]12OC[C@H]3OC(C)(C)O[C@H]3[C@@H]1OC(C)(C)O2. The highest BCUT2D eigenvalue weighted by Gasteiger charge is 2.66. The molecule has 0 bridgehead atoms. The highest BCUT2D eigenvalue weighted by molar-refractivity contribution is 9.09. The van der Waals surface area contributed by atoms with Gasteiger partial charge in [-0.05, 0) is 67.9 Å². The Hall–Kier alpha value is -0.280. The van der Waals surface area contributed by atoms with Crippen LogP contribution in [0.1, 0.15) is 184 Å². The number of amides is 2. The molecule has 0 radical (unpaired) electrons. The van der Waals surface area contributed by atoms with Crippen LogP contribution >= 0.6 is 40.3 Å². The van der Waals surface area contributed by atoms with Crippen molar-refractivity contribution >= 4 is 52.1 Å². The number of rotatable bonds is 7. The molecule has 8 atom stereocenters. The molecule has 2 aliphatic carbocycles. The van der Waals surface area contributed by atoms with E-state index in [1.165, 1.54) is 140 Å². The minimum Gasteiger partial charge on any atom is -0.350 e. The zero-order valence-electron chi connectivity index (χ0n) is 43.0. The van der Waals surface area contributed by atoms with Crippen molar-refractivity contribution < 1.29 is 57.0 Å². The lowest BCUT2D eigenvalue weighted by Gasteiger charge is -2.40. The largest absolute Gasteiger partial charge is 0.350 e. The topological polar surface area (TPSA) is 150 Å². The van der Waals surface area contributed by atoms with E-state index in [1.54, 1.807) is 6.26 Å². The highest BCUT2D eigenvalue weighted by Crippen LogP contribution is 2.48. The summed E-state index contributed by atoms with van der Waals surface area (Å²) in [6, 6.07) is 0. The van der Waals surface area contributed by atoms with Crippen LogP contribution in [0, 0.1) is 0 Å². The fourth-order valence-corrected chi connectivity index (χ4v) is 10.7. The lowest BCUT2D eigenvalue weighted by atomic mass is 9.97. The van der Waals surface area contributed by atoms with Gasteiger partial charge in [0.2, 0.25) is 23.4 Å². The van der Waals surface area contributed by atoms with Crippen LogP contribution in [-0.2, 0) is 57.0 Å². The molecule has 2 N–H and O–H groups in total. The Morgan fingerprint density at radius 3 is 1.07 bits per heavy atom. The number of carbonyl (C=O) groups excluding carboxylic acids is 2. The van der Waals surface area contributed by atoms with Gasteiger partial charge < -0.3 is 58.0 Å². The Morgan fingerprint density at radius 1 is 0.493 bits per heavy atom. The molecular formula is C50H91BrN2O12S2. The zero-order valence-corrected chi connectivity index (χ0v) is 46.3. The van der Waals surface area contributed by atoms with Crippen molar-refractivity contribution in [2.75, 3.05) is 49.9 Å². The van der Waals surface area contributed by atoms with Crippen LogP contribution in [0.5, 0.6) is 0 Å². The van der Waals surface area contributed by atoms with E-state index in [9.17, 15) is 9.59 Å². The normalized spacial score (nSPS) is 34.9. The van der Waals surface area contributed by atoms with Crippen molar-refractivity contribution in [3.8, 4) is 0 Å². The molecule has 6 heterocycles. The third-order valence-corrected chi connectivity index (χ3v) is 14.1. The molecule has 14 nitrogen and oxygen atoms in total. The van der Waals surface area contributed by atoms with Crippen molar-refractivity contribution in [3.05, 3.63) is 0 Å². The maximum atomic E-state index is 11.8. The average Bonchev–Trinajstić information content (AvgIpc) is 3.98. The molecule has 0 aromatic rings. The second kappa shape index (κ2) is 28.2. The maximum absolute atomic E-state index is 11.8. The summed E-state index contributed by atoms with van der Waals surface area (Å²) in [5.74, 6) is -4.95. The van der Waals surface area contributed by atoms with Gasteiger partial charge in [0.25, 0.3) is 0 Å². The fraction of sp³-hybridized carbons (Fsp3) is 0.960. The number of halogens is 1. The van der Waals surface area contributed by atoms with Crippen LogP contribution in [0.4, 0.5) is 0 Å². The Balaban J connectivity index is 0.000000205. The molecule has 67 heavy (non-hydrogen) atoms. The van der Waals surface area contributed by atoms with Gasteiger partial charge in [-0.2, -0.15) is 24.4 Å². The quantitative estimate of drug-likeness (QED) is 0.164. The minimum atomic E-state index is -1.06. The number of fused-ring (bicyclic) bond motifs is 6. The summed E-state index contributed by atoms with van der Waals surface area (Å²) in [6.45, 7) is 15.8. The van der Waals surface area contributed by atoms with Gasteiger partial charge >= 0.3 is 0 Å². The Morgan fingerprint density at radius 2 is 0.791 bits per heavy atom. The summed E-state index contributed by atoms with van der Waals surface area (Å²) in [5.41, 5.74) is 0. The van der Waals surface area contributed by atoms with Gasteiger partial charge in [-0.15, -0.1) is 0 Å². The lowest BCUT2D eigenvalue weighted by molar-refractivity contribution is -0.277. The highest BCUT2D eigenvalue weighted by atomic mass is 79.9. The van der Waals surface area contributed by atoms with E-state index < -0.39 is 46.9 Å². The summed E-state index contributed by atoms with van der Waals surface area (Å²) in [5, 5.41) is 5.88. The van der Waals surface area contributed by atoms with Crippen LogP contribution in [0.15, 0.2) is 0 Å². The molecular weight excluding hydrogens is 965 g/mol. The summed E-state index contributed by atoms with van der Waals surface area (Å²) < 4.78 is 59.8. The monoisotopic (exact) mass is 1050 g/mol. The van der Waals surface area contributed by atoms with Gasteiger partial charge in [-0.25, -0.2) is 0 Å². The predicted octanol–water partition coefficient (Wildman–Crippen LogP) is 10.1. The van der Waals surface area contributed by atoms with E-state index in [4.69, 9.17) is 47.4 Å². The average molecular weight is 1060 g/mol. The first-order valence-corrected chi connectivity index (χ1v) is 29.0. The second-order valence-electron chi connectivity index (χ2n) is 20.8. The summed E-state index contributed by atoms with van der Waals surface area (Å²) in [7, 11) is 0. The van der Waals surface area contributed by atoms with E-state index in [2.05, 4.69) is 39.2 Å². The number of nitrogens with one attached hydrogen (secondary N) is 2. The van der Waals surface area contributed by atoms with E-state index in [0.29, 0.717) is 19.0 Å². The van der Waals surface area contributed by atoms with Gasteiger partial charge in [0, 0.05) is 0 Å². The summed E-state index contributed by atoms with van der Waals surface area (Å²) in [4.78, 5) is 23.4. The maximum Gasteiger partial charge on any atom is 0.230 e. The molecule has 0 aromatic carbocycles. The third kappa shape index (κ3) is 18.9. The molecule has 0 spiro atoms. The molecule has 6 saturated heterocycles. The fourth-order valence-electron chi connectivity index (χ4n) is 10.2. The first-order chi connectivity index (χ1) is 31.8. The van der Waals surface area contributed by atoms with Gasteiger partial charge in [-0.3, -0.25) is 9.59 Å². The van der Waals surface area contributed by atoms with Crippen LogP contribution in [0.25, 0.3) is 0 Å². The first kappa shape index (κ1) is 59.3. The molecule has 8 rings (SSSR count). The molecule has 6 aliphatic heterocycles. The predicted molar refractivity (Wildman–Crippen MR) is 271 cm³/mol. The number of hydrogen-bond acceptors (Lipinski definition) is 14. The van der Waals surface area contributed by atoms with Crippen molar-refractivity contribution in [1.82, 2.24) is 10.6 Å². The Kier molecular flexibility index (Phi) is 25.0. The van der Waals surface area contributed by atoms with Gasteiger partial charge in [0.1, 0.15) is 36.6 Å². The number of alkyl halides is 1. The first-order valence-electron chi connectivity index (χ1n) is 25.6. The Bertz CT molecular complexity index is 1380. The number of ether oxygens (including phenoxy) is 10. The van der Waals surface area contributed by atoms with Crippen LogP contribution in [0.2, 0.25) is 0 Å². The number of thioether (sulfide) groups is 1. The van der Waals surface area contributed by atoms with Crippen LogP contribution in [-0.4, -0.2) is 133 Å². The van der Waals surface area contributed by atoms with Crippen molar-refractivity contribution in [1.29, 1.82) is 0 Å². The van der Waals surface area contributed by atoms with E-state index in [-0.39, 0.29) is 54.6 Å². The second-order valence-corrected chi connectivity index (χ2v) is 22.2. The molecule has 8 fully saturated rings. The minimum absolute atomic E-state index is 0.0615. The van der Waals surface area contributed by atoms with Gasteiger partial charge in [-0.1, -0.05) is 144 Å². The summed E-state index contributed by atoms with van der Waals surface area (Å²) in [6.07, 6.45) is 31.6. The number of thiol groups is 1. The van der Waals surface area contributed by atoms with Crippen molar-refractivity contribution in [2.45, 2.75) is 255 Å². The molecule has 17 heteroatoms. The molecule has 8 aliphatic rings. The number of hydrogen-bond donors (Lipinski definition) is 3. The van der Waals surface area contributed by atoms with Crippen LogP contribution < -0.4 is 10.6 Å². The van der Waals surface area contributed by atoms with E-state index in [0.717, 1.165) is 0 Å². The molecule has 2 saturated carbocycles. The van der Waals surface area contributed by atoms with Gasteiger partial charge in [0.05, 0.1) is 37.4 Å². The van der Waals surface area contributed by atoms with Crippen molar-refractivity contribution in [3.63, 3.8) is 0 Å². The molecule has 392 valence electrons. The van der Waals surface area contributed by atoms with Gasteiger partial charge in [0.15, 0.2) is 23.1 Å². The zero-order chi connectivity index (χ0) is 49.2.